The van der Waals surface area contributed by atoms with Crippen LogP contribution >= 0.6 is 0 Å². The van der Waals surface area contributed by atoms with Crippen molar-refractivity contribution in [3.8, 4) is 0 Å². The lowest BCUT2D eigenvalue weighted by Crippen LogP contribution is -2.12. The second-order valence-corrected chi connectivity index (χ2v) is 3.43. The zero-order valence-corrected chi connectivity index (χ0v) is 8.62. The van der Waals surface area contributed by atoms with Gasteiger partial charge in [-0.2, -0.15) is 0 Å². The number of benzene rings is 1. The van der Waals surface area contributed by atoms with Crippen molar-refractivity contribution in [2.24, 2.45) is 0 Å². The largest absolute Gasteiger partial charge is 0.453 e. The fourth-order valence-electron chi connectivity index (χ4n) is 1.48. The van der Waals surface area contributed by atoms with E-state index in [1.807, 2.05) is 31.3 Å². The summed E-state index contributed by atoms with van der Waals surface area (Å²) in [5, 5.41) is 3.92. The van der Waals surface area contributed by atoms with Gasteiger partial charge in [0.1, 0.15) is 5.58 Å². The SMILES string of the molecule is CNCCC(=O)c1cc2ccccc2o1. The number of hydrogen-bond donors (Lipinski definition) is 1. The molecule has 78 valence electrons. The van der Waals surface area contributed by atoms with Gasteiger partial charge in [-0.25, -0.2) is 0 Å². The number of hydrogen-bond acceptors (Lipinski definition) is 3. The normalized spacial score (nSPS) is 10.7. The van der Waals surface area contributed by atoms with Crippen molar-refractivity contribution in [1.82, 2.24) is 5.32 Å². The van der Waals surface area contributed by atoms with Crippen molar-refractivity contribution >= 4 is 16.8 Å². The number of carbonyl (C=O) groups is 1. The Balaban J connectivity index is 2.25. The van der Waals surface area contributed by atoms with Gasteiger partial charge in [0.25, 0.3) is 0 Å². The first-order valence-electron chi connectivity index (χ1n) is 4.97. The molecule has 2 aromatic rings. The highest BCUT2D eigenvalue weighted by atomic mass is 16.3. The van der Waals surface area contributed by atoms with Gasteiger partial charge in [0, 0.05) is 18.4 Å². The average molecular weight is 203 g/mol. The molecule has 0 amide bonds. The highest BCUT2D eigenvalue weighted by molar-refractivity contribution is 5.97. The monoisotopic (exact) mass is 203 g/mol. The molecule has 1 aromatic heterocycles. The molecule has 1 heterocycles. The van der Waals surface area contributed by atoms with Crippen LogP contribution in [0.5, 0.6) is 0 Å². The topological polar surface area (TPSA) is 42.2 Å². The molecule has 0 unspecified atom stereocenters. The van der Waals surface area contributed by atoms with Crippen LogP contribution in [-0.2, 0) is 0 Å². The van der Waals surface area contributed by atoms with Gasteiger partial charge in [-0.15, -0.1) is 0 Å². The number of nitrogens with one attached hydrogen (secondary N) is 1. The van der Waals surface area contributed by atoms with Gasteiger partial charge in [0.05, 0.1) is 0 Å². The summed E-state index contributed by atoms with van der Waals surface area (Å²) in [6.07, 6.45) is 0.469. The lowest BCUT2D eigenvalue weighted by atomic mass is 10.2. The second kappa shape index (κ2) is 4.28. The Morgan fingerprint density at radius 3 is 2.93 bits per heavy atom. The van der Waals surface area contributed by atoms with Crippen LogP contribution in [0.1, 0.15) is 17.0 Å². The van der Waals surface area contributed by atoms with Crippen LogP contribution < -0.4 is 5.32 Å². The highest BCUT2D eigenvalue weighted by Gasteiger charge is 2.10. The molecular formula is C12H13NO2. The summed E-state index contributed by atoms with van der Waals surface area (Å²) < 4.78 is 5.45. The van der Waals surface area contributed by atoms with Crippen LogP contribution in [-0.4, -0.2) is 19.4 Å². The predicted molar refractivity (Wildman–Crippen MR) is 59.1 cm³/mol. The van der Waals surface area contributed by atoms with E-state index in [0.717, 1.165) is 11.0 Å². The zero-order chi connectivity index (χ0) is 10.7. The molecule has 0 aliphatic rings. The first-order valence-corrected chi connectivity index (χ1v) is 4.97. The van der Waals surface area contributed by atoms with Crippen LogP contribution in [0.3, 0.4) is 0 Å². The van der Waals surface area contributed by atoms with Gasteiger partial charge in [0.2, 0.25) is 0 Å². The summed E-state index contributed by atoms with van der Waals surface area (Å²) in [5.74, 6) is 0.493. The Kier molecular flexibility index (Phi) is 2.83. The lowest BCUT2D eigenvalue weighted by Gasteiger charge is -1.95. The van der Waals surface area contributed by atoms with Crippen LogP contribution in [0.25, 0.3) is 11.0 Å². The Morgan fingerprint density at radius 1 is 1.40 bits per heavy atom. The van der Waals surface area contributed by atoms with E-state index in [-0.39, 0.29) is 5.78 Å². The number of fused-ring (bicyclic) bond motifs is 1. The number of ketones is 1. The molecule has 0 fully saturated rings. The predicted octanol–water partition coefficient (Wildman–Crippen LogP) is 2.22. The third kappa shape index (κ3) is 2.07. The van der Waals surface area contributed by atoms with E-state index >= 15 is 0 Å². The van der Waals surface area contributed by atoms with Gasteiger partial charge in [-0.1, -0.05) is 18.2 Å². The van der Waals surface area contributed by atoms with Crippen molar-refractivity contribution < 1.29 is 9.21 Å². The summed E-state index contributed by atoms with van der Waals surface area (Å²) >= 11 is 0. The van der Waals surface area contributed by atoms with E-state index < -0.39 is 0 Å². The highest BCUT2D eigenvalue weighted by Crippen LogP contribution is 2.19. The molecule has 0 radical (unpaired) electrons. The first-order chi connectivity index (χ1) is 7.31. The third-order valence-electron chi connectivity index (χ3n) is 2.30. The van der Waals surface area contributed by atoms with E-state index in [2.05, 4.69) is 5.32 Å². The number of para-hydroxylation sites is 1. The lowest BCUT2D eigenvalue weighted by molar-refractivity contribution is 0.0958. The minimum absolute atomic E-state index is 0.0422. The molecule has 0 saturated carbocycles. The summed E-state index contributed by atoms with van der Waals surface area (Å²) in [4.78, 5) is 11.6. The van der Waals surface area contributed by atoms with Gasteiger partial charge in [-0.3, -0.25) is 4.79 Å². The molecule has 0 aliphatic heterocycles. The van der Waals surface area contributed by atoms with Crippen LogP contribution in [0, 0.1) is 0 Å². The van der Waals surface area contributed by atoms with Crippen molar-refractivity contribution in [3.63, 3.8) is 0 Å². The zero-order valence-electron chi connectivity index (χ0n) is 8.62. The van der Waals surface area contributed by atoms with Crippen LogP contribution in [0.4, 0.5) is 0 Å². The number of carbonyl (C=O) groups excluding carboxylic acids is 1. The van der Waals surface area contributed by atoms with Crippen molar-refractivity contribution in [1.29, 1.82) is 0 Å². The summed E-state index contributed by atoms with van der Waals surface area (Å²) in [7, 11) is 1.83. The molecule has 3 nitrogen and oxygen atoms in total. The Hall–Kier alpha value is -1.61. The summed E-state index contributed by atoms with van der Waals surface area (Å²) in [5.41, 5.74) is 0.769. The number of furan rings is 1. The fraction of sp³-hybridized carbons (Fsp3) is 0.250. The third-order valence-corrected chi connectivity index (χ3v) is 2.30. The van der Waals surface area contributed by atoms with Crippen molar-refractivity contribution in [2.45, 2.75) is 6.42 Å². The van der Waals surface area contributed by atoms with Crippen molar-refractivity contribution in [3.05, 3.63) is 36.1 Å². The molecule has 0 bridgehead atoms. The molecule has 0 atom stereocenters. The van der Waals surface area contributed by atoms with E-state index in [9.17, 15) is 4.79 Å². The van der Waals surface area contributed by atoms with Crippen molar-refractivity contribution in [2.75, 3.05) is 13.6 Å². The van der Waals surface area contributed by atoms with E-state index in [1.54, 1.807) is 6.07 Å². The molecule has 15 heavy (non-hydrogen) atoms. The molecule has 1 aromatic carbocycles. The van der Waals surface area contributed by atoms with E-state index in [4.69, 9.17) is 4.42 Å². The smallest absolute Gasteiger partial charge is 0.199 e. The number of rotatable bonds is 4. The quantitative estimate of drug-likeness (QED) is 0.775. The van der Waals surface area contributed by atoms with Crippen LogP contribution in [0.2, 0.25) is 0 Å². The van der Waals surface area contributed by atoms with Gasteiger partial charge < -0.3 is 9.73 Å². The second-order valence-electron chi connectivity index (χ2n) is 3.43. The maximum Gasteiger partial charge on any atom is 0.199 e. The fourth-order valence-corrected chi connectivity index (χ4v) is 1.48. The average Bonchev–Trinajstić information content (AvgIpc) is 2.69. The Morgan fingerprint density at radius 2 is 2.20 bits per heavy atom. The minimum Gasteiger partial charge on any atom is -0.453 e. The van der Waals surface area contributed by atoms with Gasteiger partial charge >= 0.3 is 0 Å². The summed E-state index contributed by atoms with van der Waals surface area (Å²) in [6.45, 7) is 0.676. The molecule has 0 aliphatic carbocycles. The first kappa shape index (κ1) is 9.93. The molecule has 0 spiro atoms. The van der Waals surface area contributed by atoms with Crippen LogP contribution in [0.15, 0.2) is 34.7 Å². The summed E-state index contributed by atoms with van der Waals surface area (Å²) in [6, 6.07) is 9.43. The van der Waals surface area contributed by atoms with E-state index in [0.29, 0.717) is 18.7 Å². The maximum absolute atomic E-state index is 11.6. The Labute approximate surface area is 88.1 Å². The molecule has 2 rings (SSSR count). The van der Waals surface area contributed by atoms with Gasteiger partial charge in [-0.05, 0) is 19.2 Å². The minimum atomic E-state index is 0.0422. The Bertz CT molecular complexity index is 440. The molecular weight excluding hydrogens is 190 g/mol. The standard InChI is InChI=1S/C12H13NO2/c1-13-7-6-10(14)12-8-9-4-2-3-5-11(9)15-12/h2-5,8,13H,6-7H2,1H3. The molecule has 3 heteroatoms. The molecule has 0 saturated heterocycles. The number of Topliss-reactive ketones (excluding diaryl/α,β-unsaturated/α-hetero) is 1. The molecule has 1 N–H and O–H groups in total. The van der Waals surface area contributed by atoms with Gasteiger partial charge in [0.15, 0.2) is 11.5 Å². The van der Waals surface area contributed by atoms with E-state index in [1.165, 1.54) is 0 Å². The maximum atomic E-state index is 11.6.